The van der Waals surface area contributed by atoms with Crippen molar-refractivity contribution in [3.05, 3.63) is 17.5 Å². The zero-order valence-corrected chi connectivity index (χ0v) is 13.4. The van der Waals surface area contributed by atoms with Gasteiger partial charge in [0.25, 0.3) is 0 Å². The molecule has 0 radical (unpaired) electrons. The van der Waals surface area contributed by atoms with Crippen LogP contribution in [0.2, 0.25) is 0 Å². The molecule has 0 saturated heterocycles. The zero-order valence-electron chi connectivity index (χ0n) is 12.6. The summed E-state index contributed by atoms with van der Waals surface area (Å²) in [5.41, 5.74) is 6.01. The molecular formula is C13H23N3O3S. The van der Waals surface area contributed by atoms with Crippen molar-refractivity contribution in [2.24, 2.45) is 16.6 Å². The van der Waals surface area contributed by atoms with Crippen LogP contribution in [-0.2, 0) is 15.8 Å². The normalized spacial score (nSPS) is 28.1. The number of nitrogens with zero attached hydrogens (tertiary/aromatic N) is 1. The van der Waals surface area contributed by atoms with E-state index in [1.54, 1.807) is 13.0 Å². The van der Waals surface area contributed by atoms with E-state index in [2.05, 4.69) is 9.88 Å². The van der Waals surface area contributed by atoms with Gasteiger partial charge in [0.2, 0.25) is 10.0 Å². The molecule has 7 heteroatoms. The SMILES string of the molecule is Cc1cc(CS(=O)(=O)NC2C(C)(C)C(N)C2(C)C)no1. The van der Waals surface area contributed by atoms with E-state index < -0.39 is 10.0 Å². The van der Waals surface area contributed by atoms with Crippen LogP contribution in [0.25, 0.3) is 0 Å². The molecule has 1 aromatic heterocycles. The van der Waals surface area contributed by atoms with Gasteiger partial charge in [-0.25, -0.2) is 13.1 Å². The van der Waals surface area contributed by atoms with Gasteiger partial charge in [-0.15, -0.1) is 0 Å². The van der Waals surface area contributed by atoms with Crippen molar-refractivity contribution >= 4 is 10.0 Å². The Kier molecular flexibility index (Phi) is 3.51. The standard InChI is InChI=1S/C13H23N3O3S/c1-8-6-9(15-19-8)7-20(17,18)16-11-12(2,3)10(14)13(11,4)5/h6,10-11,16H,7,14H2,1-5H3. The topological polar surface area (TPSA) is 98.2 Å². The highest BCUT2D eigenvalue weighted by Crippen LogP contribution is 2.52. The number of aromatic nitrogens is 1. The minimum atomic E-state index is -3.47. The van der Waals surface area contributed by atoms with Crippen molar-refractivity contribution in [3.8, 4) is 0 Å². The van der Waals surface area contributed by atoms with Gasteiger partial charge in [-0.2, -0.15) is 0 Å². The number of sulfonamides is 1. The molecule has 0 unspecified atom stereocenters. The smallest absolute Gasteiger partial charge is 0.217 e. The van der Waals surface area contributed by atoms with E-state index >= 15 is 0 Å². The Bertz CT molecular complexity index is 588. The minimum absolute atomic E-state index is 0.0444. The summed E-state index contributed by atoms with van der Waals surface area (Å²) >= 11 is 0. The number of nitrogens with two attached hydrogens (primary N) is 1. The first-order valence-corrected chi connectivity index (χ1v) is 8.30. The Morgan fingerprint density at radius 1 is 1.35 bits per heavy atom. The van der Waals surface area contributed by atoms with Crippen LogP contribution in [0.1, 0.15) is 39.1 Å². The third-order valence-electron chi connectivity index (χ3n) is 4.40. The van der Waals surface area contributed by atoms with E-state index in [1.807, 2.05) is 27.7 Å². The summed E-state index contributed by atoms with van der Waals surface area (Å²) < 4.78 is 32.2. The Hall–Kier alpha value is -0.920. The van der Waals surface area contributed by atoms with Crippen LogP contribution in [0.15, 0.2) is 10.6 Å². The molecule has 0 aromatic carbocycles. The maximum Gasteiger partial charge on any atom is 0.217 e. The van der Waals surface area contributed by atoms with E-state index in [9.17, 15) is 8.42 Å². The number of hydrogen-bond donors (Lipinski definition) is 2. The Morgan fingerprint density at radius 3 is 2.35 bits per heavy atom. The highest BCUT2D eigenvalue weighted by atomic mass is 32.2. The lowest BCUT2D eigenvalue weighted by atomic mass is 9.49. The van der Waals surface area contributed by atoms with Gasteiger partial charge in [-0.3, -0.25) is 0 Å². The molecule has 1 aliphatic rings. The highest BCUT2D eigenvalue weighted by molar-refractivity contribution is 7.88. The molecule has 6 nitrogen and oxygen atoms in total. The fraction of sp³-hybridized carbons (Fsp3) is 0.769. The van der Waals surface area contributed by atoms with Gasteiger partial charge in [-0.05, 0) is 17.8 Å². The predicted octanol–water partition coefficient (Wildman–Crippen LogP) is 1.16. The second-order valence-electron chi connectivity index (χ2n) is 6.86. The molecule has 0 aliphatic heterocycles. The maximum atomic E-state index is 12.3. The van der Waals surface area contributed by atoms with Crippen LogP contribution in [-0.4, -0.2) is 25.7 Å². The predicted molar refractivity (Wildman–Crippen MR) is 76.3 cm³/mol. The molecule has 0 spiro atoms. The Balaban J connectivity index is 2.13. The summed E-state index contributed by atoms with van der Waals surface area (Å²) in [5.74, 6) is 0.420. The quantitative estimate of drug-likeness (QED) is 0.869. The monoisotopic (exact) mass is 301 g/mol. The van der Waals surface area contributed by atoms with E-state index in [0.717, 1.165) is 0 Å². The first kappa shape index (κ1) is 15.5. The van der Waals surface area contributed by atoms with E-state index in [0.29, 0.717) is 11.5 Å². The molecule has 1 heterocycles. The van der Waals surface area contributed by atoms with Crippen molar-refractivity contribution < 1.29 is 12.9 Å². The van der Waals surface area contributed by atoms with Crippen molar-refractivity contribution in [1.82, 2.24) is 9.88 Å². The summed E-state index contributed by atoms with van der Waals surface area (Å²) in [4.78, 5) is 0. The molecule has 0 atom stereocenters. The first-order valence-electron chi connectivity index (χ1n) is 6.64. The summed E-state index contributed by atoms with van der Waals surface area (Å²) in [6.07, 6.45) is 0. The van der Waals surface area contributed by atoms with Crippen LogP contribution < -0.4 is 10.5 Å². The van der Waals surface area contributed by atoms with Gasteiger partial charge >= 0.3 is 0 Å². The Labute approximate surface area is 120 Å². The highest BCUT2D eigenvalue weighted by Gasteiger charge is 2.60. The second kappa shape index (κ2) is 4.54. The van der Waals surface area contributed by atoms with Gasteiger partial charge in [0.05, 0.1) is 0 Å². The molecule has 3 N–H and O–H groups in total. The van der Waals surface area contributed by atoms with Crippen LogP contribution in [0.4, 0.5) is 0 Å². The zero-order chi connectivity index (χ0) is 15.3. The summed E-state index contributed by atoms with van der Waals surface area (Å²) in [5, 5.41) is 3.72. The Morgan fingerprint density at radius 2 is 1.90 bits per heavy atom. The van der Waals surface area contributed by atoms with E-state index in [4.69, 9.17) is 10.3 Å². The lowest BCUT2D eigenvalue weighted by molar-refractivity contribution is -0.0593. The summed E-state index contributed by atoms with van der Waals surface area (Å²) in [6, 6.07) is 1.39. The number of hydrogen-bond acceptors (Lipinski definition) is 5. The van der Waals surface area contributed by atoms with Gasteiger partial charge in [0.1, 0.15) is 17.2 Å². The van der Waals surface area contributed by atoms with Gasteiger partial charge in [0, 0.05) is 18.2 Å². The van der Waals surface area contributed by atoms with Gasteiger partial charge in [0.15, 0.2) is 0 Å². The van der Waals surface area contributed by atoms with Crippen molar-refractivity contribution in [3.63, 3.8) is 0 Å². The molecule has 1 fully saturated rings. The third-order valence-corrected chi connectivity index (χ3v) is 5.67. The number of aryl methyl sites for hydroxylation is 1. The molecule has 0 amide bonds. The molecule has 1 saturated carbocycles. The van der Waals surface area contributed by atoms with Gasteiger partial charge < -0.3 is 10.3 Å². The maximum absolute atomic E-state index is 12.3. The molecule has 1 aliphatic carbocycles. The van der Waals surface area contributed by atoms with E-state index in [1.165, 1.54) is 0 Å². The van der Waals surface area contributed by atoms with E-state index in [-0.39, 0.29) is 28.7 Å². The molecule has 2 rings (SSSR count). The van der Waals surface area contributed by atoms with Crippen LogP contribution in [0.5, 0.6) is 0 Å². The second-order valence-corrected chi connectivity index (χ2v) is 8.61. The van der Waals surface area contributed by atoms with Crippen molar-refractivity contribution in [1.29, 1.82) is 0 Å². The fourth-order valence-corrected chi connectivity index (χ4v) is 4.96. The summed E-state index contributed by atoms with van der Waals surface area (Å²) in [6.45, 7) is 9.66. The fourth-order valence-electron chi connectivity index (χ4n) is 3.39. The molecule has 20 heavy (non-hydrogen) atoms. The van der Waals surface area contributed by atoms with Crippen molar-refractivity contribution in [2.75, 3.05) is 0 Å². The van der Waals surface area contributed by atoms with Crippen LogP contribution in [0.3, 0.4) is 0 Å². The molecule has 1 aromatic rings. The molecule has 114 valence electrons. The summed E-state index contributed by atoms with van der Waals surface area (Å²) in [7, 11) is -3.47. The lowest BCUT2D eigenvalue weighted by Gasteiger charge is -2.62. The number of rotatable bonds is 4. The van der Waals surface area contributed by atoms with Crippen LogP contribution >= 0.6 is 0 Å². The molecule has 0 bridgehead atoms. The van der Waals surface area contributed by atoms with Gasteiger partial charge in [-0.1, -0.05) is 32.9 Å². The van der Waals surface area contributed by atoms with Crippen LogP contribution in [0, 0.1) is 17.8 Å². The number of nitrogens with one attached hydrogen (secondary N) is 1. The average Bonchev–Trinajstić information content (AvgIpc) is 2.69. The average molecular weight is 301 g/mol. The third kappa shape index (κ3) is 2.49. The lowest BCUT2D eigenvalue weighted by Crippen LogP contribution is -2.76. The minimum Gasteiger partial charge on any atom is -0.361 e. The van der Waals surface area contributed by atoms with Crippen molar-refractivity contribution in [2.45, 2.75) is 52.5 Å². The molecular weight excluding hydrogens is 278 g/mol. The first-order chi connectivity index (χ1) is 8.97. The largest absolute Gasteiger partial charge is 0.361 e.